The molecular weight excluding hydrogens is 435 g/mol. The van der Waals surface area contributed by atoms with Crippen LogP contribution in [0.5, 0.6) is 0 Å². The lowest BCUT2D eigenvalue weighted by atomic mass is 9.95. The van der Waals surface area contributed by atoms with Crippen LogP contribution < -0.4 is 5.32 Å². The van der Waals surface area contributed by atoms with Gasteiger partial charge in [0.15, 0.2) is 0 Å². The number of benzene rings is 2. The predicted octanol–water partition coefficient (Wildman–Crippen LogP) is 2.95. The lowest BCUT2D eigenvalue weighted by Gasteiger charge is -2.27. The molecule has 9 heteroatoms. The van der Waals surface area contributed by atoms with E-state index < -0.39 is 24.2 Å². The first-order chi connectivity index (χ1) is 16.3. The first-order valence-electron chi connectivity index (χ1n) is 11.4. The van der Waals surface area contributed by atoms with Gasteiger partial charge >= 0.3 is 0 Å². The van der Waals surface area contributed by atoms with Crippen LogP contribution in [0.4, 0.5) is 4.39 Å². The Morgan fingerprint density at radius 1 is 1.06 bits per heavy atom. The third-order valence-electron chi connectivity index (χ3n) is 6.22. The van der Waals surface area contributed by atoms with E-state index in [4.69, 9.17) is 0 Å². The number of nitrogens with zero attached hydrogens (tertiary/aromatic N) is 5. The number of carbonyl (C=O) groups is 2. The van der Waals surface area contributed by atoms with E-state index in [1.54, 1.807) is 6.92 Å². The van der Waals surface area contributed by atoms with Crippen LogP contribution in [-0.4, -0.2) is 55.7 Å². The van der Waals surface area contributed by atoms with Gasteiger partial charge in [-0.2, -0.15) is 0 Å². The monoisotopic (exact) mass is 464 g/mol. The van der Waals surface area contributed by atoms with Gasteiger partial charge in [-0.15, -0.1) is 5.10 Å². The molecule has 1 fully saturated rings. The number of carbonyl (C=O) groups excluding carboxylic acids is 2. The topological polar surface area (TPSA) is 93.0 Å². The van der Waals surface area contributed by atoms with Gasteiger partial charge in [0.1, 0.15) is 24.6 Å². The van der Waals surface area contributed by atoms with Crippen LogP contribution in [-0.2, 0) is 16.1 Å². The predicted molar refractivity (Wildman–Crippen MR) is 125 cm³/mol. The number of hydrogen-bond acceptors (Lipinski definition) is 5. The quantitative estimate of drug-likeness (QED) is 0.580. The fraction of sp³-hybridized carbons (Fsp3) is 0.400. The molecule has 0 aliphatic carbocycles. The Hall–Kier alpha value is -3.62. The van der Waals surface area contributed by atoms with Gasteiger partial charge in [-0.1, -0.05) is 68.4 Å². The number of likely N-dealkylation sites (tertiary alicyclic amines) is 1. The van der Waals surface area contributed by atoms with Crippen molar-refractivity contribution in [1.29, 1.82) is 0 Å². The van der Waals surface area contributed by atoms with Crippen LogP contribution >= 0.6 is 0 Å². The number of rotatable bonds is 7. The molecule has 1 saturated heterocycles. The smallest absolute Gasteiger partial charge is 0.245 e. The number of tetrazole rings is 1. The average molecular weight is 465 g/mol. The maximum absolute atomic E-state index is 14.4. The van der Waals surface area contributed by atoms with Crippen LogP contribution in [0.1, 0.15) is 54.7 Å². The van der Waals surface area contributed by atoms with Crippen molar-refractivity contribution < 1.29 is 14.0 Å². The Balaban J connectivity index is 1.56. The number of amides is 2. The number of nitrogens with one attached hydrogen (secondary N) is 1. The molecule has 2 heterocycles. The van der Waals surface area contributed by atoms with E-state index in [0.29, 0.717) is 11.7 Å². The molecule has 1 aliphatic heterocycles. The molecular formula is C25H29FN6O2. The number of alkyl halides is 1. The summed E-state index contributed by atoms with van der Waals surface area (Å²) in [7, 11) is 0. The highest BCUT2D eigenvalue weighted by molar-refractivity contribution is 5.88. The van der Waals surface area contributed by atoms with E-state index in [-0.39, 0.29) is 25.4 Å². The van der Waals surface area contributed by atoms with Crippen LogP contribution in [0, 0.1) is 6.92 Å². The molecule has 178 valence electrons. The van der Waals surface area contributed by atoms with E-state index in [1.807, 2.05) is 42.5 Å². The van der Waals surface area contributed by atoms with Gasteiger partial charge in [-0.3, -0.25) is 9.59 Å². The zero-order chi connectivity index (χ0) is 24.2. The first-order valence-corrected chi connectivity index (χ1v) is 11.4. The highest BCUT2D eigenvalue weighted by Gasteiger charge is 2.40. The van der Waals surface area contributed by atoms with Gasteiger partial charge in [-0.25, -0.2) is 9.07 Å². The van der Waals surface area contributed by atoms with E-state index in [2.05, 4.69) is 46.8 Å². The van der Waals surface area contributed by atoms with Crippen molar-refractivity contribution in [3.63, 3.8) is 0 Å². The maximum Gasteiger partial charge on any atom is 0.245 e. The Labute approximate surface area is 198 Å². The van der Waals surface area contributed by atoms with Gasteiger partial charge in [0.2, 0.25) is 11.8 Å². The molecule has 0 radical (unpaired) electrons. The maximum atomic E-state index is 14.4. The summed E-state index contributed by atoms with van der Waals surface area (Å²) in [5.41, 5.74) is 3.03. The zero-order valence-electron chi connectivity index (χ0n) is 19.6. The Morgan fingerprint density at radius 3 is 2.32 bits per heavy atom. The second kappa shape index (κ2) is 10.1. The minimum absolute atomic E-state index is 0.0417. The van der Waals surface area contributed by atoms with Crippen molar-refractivity contribution in [3.8, 4) is 0 Å². The van der Waals surface area contributed by atoms with Crippen LogP contribution in [0.2, 0.25) is 0 Å². The fourth-order valence-corrected chi connectivity index (χ4v) is 4.24. The Morgan fingerprint density at radius 2 is 1.71 bits per heavy atom. The summed E-state index contributed by atoms with van der Waals surface area (Å²) in [5, 5.41) is 14.1. The van der Waals surface area contributed by atoms with E-state index in [1.165, 1.54) is 15.1 Å². The first kappa shape index (κ1) is 23.5. The molecule has 0 unspecified atom stereocenters. The van der Waals surface area contributed by atoms with Crippen LogP contribution in [0.3, 0.4) is 0 Å². The van der Waals surface area contributed by atoms with E-state index in [9.17, 15) is 14.0 Å². The second-order valence-corrected chi connectivity index (χ2v) is 8.95. The summed E-state index contributed by atoms with van der Waals surface area (Å²) in [6.45, 7) is 5.66. The van der Waals surface area contributed by atoms with Crippen molar-refractivity contribution in [2.24, 2.45) is 0 Å². The molecule has 0 bridgehead atoms. The molecule has 34 heavy (non-hydrogen) atoms. The van der Waals surface area contributed by atoms with Crippen molar-refractivity contribution in [3.05, 3.63) is 77.1 Å². The third kappa shape index (κ3) is 5.13. The van der Waals surface area contributed by atoms with Crippen molar-refractivity contribution >= 4 is 11.8 Å². The van der Waals surface area contributed by atoms with Gasteiger partial charge in [0, 0.05) is 6.42 Å². The fourth-order valence-electron chi connectivity index (χ4n) is 4.24. The molecule has 1 N–H and O–H groups in total. The second-order valence-electron chi connectivity index (χ2n) is 8.95. The zero-order valence-corrected chi connectivity index (χ0v) is 19.6. The summed E-state index contributed by atoms with van der Waals surface area (Å²) >= 11 is 0. The van der Waals surface area contributed by atoms with Gasteiger partial charge in [0.25, 0.3) is 0 Å². The molecule has 8 nitrogen and oxygen atoms in total. The highest BCUT2D eigenvalue weighted by Crippen LogP contribution is 2.27. The van der Waals surface area contributed by atoms with Crippen molar-refractivity contribution in [2.45, 2.75) is 57.9 Å². The normalized spacial score (nSPS) is 18.8. The van der Waals surface area contributed by atoms with E-state index in [0.717, 1.165) is 11.1 Å². The van der Waals surface area contributed by atoms with Gasteiger partial charge < -0.3 is 10.2 Å². The largest absolute Gasteiger partial charge is 0.343 e. The number of halogens is 1. The van der Waals surface area contributed by atoms with Gasteiger partial charge in [-0.05, 0) is 40.0 Å². The summed E-state index contributed by atoms with van der Waals surface area (Å²) in [4.78, 5) is 27.6. The standard InChI is InChI=1S/C25H29FN6O2/c1-16(2)18-9-11-20(12-10-18)24(19-7-5-4-6-8-19)27-25(34)22-13-21(26)14-31(22)23(33)15-32-17(3)28-29-30-32/h4-12,16,21-22,24H,13-15H2,1-3H3,(H,27,34)/t21-,22-,24+/m1/s1. The number of hydrogen-bond donors (Lipinski definition) is 1. The molecule has 0 spiro atoms. The molecule has 1 aromatic heterocycles. The molecule has 3 atom stereocenters. The minimum atomic E-state index is -1.27. The molecule has 0 saturated carbocycles. The number of aryl methyl sites for hydroxylation is 1. The van der Waals surface area contributed by atoms with E-state index >= 15 is 0 Å². The van der Waals surface area contributed by atoms with Crippen molar-refractivity contribution in [2.75, 3.05) is 6.54 Å². The molecule has 3 aromatic rings. The SMILES string of the molecule is Cc1nnnn1CC(=O)N1C[C@H](F)C[C@@H]1C(=O)N[C@@H](c1ccccc1)c1ccc(C(C)C)cc1. The Bertz CT molecular complexity index is 1130. The minimum Gasteiger partial charge on any atom is -0.343 e. The molecule has 2 aromatic carbocycles. The molecule has 4 rings (SSSR count). The lowest BCUT2D eigenvalue weighted by Crippen LogP contribution is -2.48. The summed E-state index contributed by atoms with van der Waals surface area (Å²) < 4.78 is 15.7. The van der Waals surface area contributed by atoms with Crippen LogP contribution in [0.15, 0.2) is 54.6 Å². The molecule has 2 amide bonds. The van der Waals surface area contributed by atoms with Gasteiger partial charge in [0.05, 0.1) is 12.6 Å². The third-order valence-corrected chi connectivity index (χ3v) is 6.22. The molecule has 1 aliphatic rings. The summed E-state index contributed by atoms with van der Waals surface area (Å²) in [5.74, 6) is 0.0819. The average Bonchev–Trinajstić information content (AvgIpc) is 3.43. The Kier molecular flexibility index (Phi) is 7.00. The highest BCUT2D eigenvalue weighted by atomic mass is 19.1. The summed E-state index contributed by atoms with van der Waals surface area (Å²) in [6, 6.07) is 16.4. The summed E-state index contributed by atoms with van der Waals surface area (Å²) in [6.07, 6.45) is -1.31. The lowest BCUT2D eigenvalue weighted by molar-refractivity contribution is -0.139. The number of aromatic nitrogens is 4. The van der Waals surface area contributed by atoms with Crippen LogP contribution in [0.25, 0.3) is 0 Å². The van der Waals surface area contributed by atoms with Crippen molar-refractivity contribution in [1.82, 2.24) is 30.4 Å².